The third kappa shape index (κ3) is 5.22. The van der Waals surface area contributed by atoms with Crippen molar-refractivity contribution in [3.8, 4) is 5.75 Å². The summed E-state index contributed by atoms with van der Waals surface area (Å²) in [6, 6.07) is 18.4. The molecule has 2 aromatic carbocycles. The number of anilines is 1. The fraction of sp³-hybridized carbons (Fsp3) is 0.304. The minimum absolute atomic E-state index is 0.00746. The van der Waals surface area contributed by atoms with Crippen LogP contribution in [0.1, 0.15) is 28.1 Å². The summed E-state index contributed by atoms with van der Waals surface area (Å²) in [5.74, 6) is 0.834. The second kappa shape index (κ2) is 9.20. The van der Waals surface area contributed by atoms with Crippen LogP contribution in [-0.2, 0) is 30.7 Å². The van der Waals surface area contributed by atoms with Crippen molar-refractivity contribution in [1.29, 1.82) is 0 Å². The van der Waals surface area contributed by atoms with Crippen molar-refractivity contribution in [2.24, 2.45) is 0 Å². The second-order valence-corrected chi connectivity index (χ2v) is 8.32. The summed E-state index contributed by atoms with van der Waals surface area (Å²) in [6.45, 7) is 2.84. The lowest BCUT2D eigenvalue weighted by Crippen LogP contribution is -2.29. The number of carbonyl (C=O) groups excluding carboxylic acids is 1. The Labute approximate surface area is 175 Å². The molecule has 0 saturated carbocycles. The Bertz CT molecular complexity index is 954. The fourth-order valence-corrected chi connectivity index (χ4v) is 4.58. The van der Waals surface area contributed by atoms with Crippen LogP contribution >= 0.6 is 11.3 Å². The number of ether oxygens (including phenoxy) is 1. The zero-order valence-electron chi connectivity index (χ0n) is 16.6. The molecule has 0 atom stereocenters. The molecule has 1 aromatic heterocycles. The SMILES string of the molecule is COc1ccc(CCC(=O)Nc2nc3c(s2)CN(Cc2ccccc2)CC3)cc1. The summed E-state index contributed by atoms with van der Waals surface area (Å²) in [7, 11) is 1.65. The molecule has 0 spiro atoms. The first-order chi connectivity index (χ1) is 14.2. The van der Waals surface area contributed by atoms with Gasteiger partial charge in [0, 0.05) is 37.4 Å². The van der Waals surface area contributed by atoms with Crippen molar-refractivity contribution in [2.45, 2.75) is 32.4 Å². The van der Waals surface area contributed by atoms with Crippen LogP contribution < -0.4 is 10.1 Å². The van der Waals surface area contributed by atoms with E-state index in [1.807, 2.05) is 30.3 Å². The molecule has 4 rings (SSSR count). The third-order valence-electron chi connectivity index (χ3n) is 5.11. The van der Waals surface area contributed by atoms with Gasteiger partial charge in [-0.15, -0.1) is 11.3 Å². The van der Waals surface area contributed by atoms with E-state index in [-0.39, 0.29) is 5.91 Å². The highest BCUT2D eigenvalue weighted by molar-refractivity contribution is 7.15. The molecule has 1 amide bonds. The van der Waals surface area contributed by atoms with Gasteiger partial charge in [-0.2, -0.15) is 0 Å². The van der Waals surface area contributed by atoms with Gasteiger partial charge in [0.15, 0.2) is 5.13 Å². The van der Waals surface area contributed by atoms with E-state index >= 15 is 0 Å². The molecule has 0 aliphatic carbocycles. The Morgan fingerprint density at radius 1 is 1.14 bits per heavy atom. The molecule has 150 valence electrons. The Morgan fingerprint density at radius 2 is 1.93 bits per heavy atom. The van der Waals surface area contributed by atoms with Gasteiger partial charge in [-0.3, -0.25) is 9.69 Å². The van der Waals surface area contributed by atoms with Crippen molar-refractivity contribution < 1.29 is 9.53 Å². The summed E-state index contributed by atoms with van der Waals surface area (Å²) in [6.07, 6.45) is 2.07. The average molecular weight is 408 g/mol. The zero-order valence-corrected chi connectivity index (χ0v) is 17.4. The molecule has 0 unspecified atom stereocenters. The van der Waals surface area contributed by atoms with E-state index in [0.717, 1.165) is 48.2 Å². The quantitative estimate of drug-likeness (QED) is 0.635. The summed E-state index contributed by atoms with van der Waals surface area (Å²) < 4.78 is 5.16. The van der Waals surface area contributed by atoms with Gasteiger partial charge in [-0.25, -0.2) is 4.98 Å². The number of carbonyl (C=O) groups is 1. The van der Waals surface area contributed by atoms with Crippen molar-refractivity contribution in [3.63, 3.8) is 0 Å². The van der Waals surface area contributed by atoms with Crippen LogP contribution in [0.5, 0.6) is 5.75 Å². The summed E-state index contributed by atoms with van der Waals surface area (Å²) in [5, 5.41) is 3.70. The Morgan fingerprint density at radius 3 is 2.69 bits per heavy atom. The fourth-order valence-electron chi connectivity index (χ4n) is 3.51. The van der Waals surface area contributed by atoms with E-state index in [4.69, 9.17) is 4.74 Å². The van der Waals surface area contributed by atoms with Crippen LogP contribution in [0.2, 0.25) is 0 Å². The number of fused-ring (bicyclic) bond motifs is 1. The molecule has 0 radical (unpaired) electrons. The van der Waals surface area contributed by atoms with Gasteiger partial charge in [0.25, 0.3) is 0 Å². The van der Waals surface area contributed by atoms with E-state index < -0.39 is 0 Å². The minimum Gasteiger partial charge on any atom is -0.497 e. The molecular weight excluding hydrogens is 382 g/mol. The lowest BCUT2D eigenvalue weighted by atomic mass is 10.1. The van der Waals surface area contributed by atoms with E-state index in [1.165, 1.54) is 10.4 Å². The number of hydrogen-bond donors (Lipinski definition) is 1. The van der Waals surface area contributed by atoms with E-state index in [9.17, 15) is 4.79 Å². The number of aryl methyl sites for hydroxylation is 1. The summed E-state index contributed by atoms with van der Waals surface area (Å²) >= 11 is 1.60. The van der Waals surface area contributed by atoms with Gasteiger partial charge in [0.05, 0.1) is 12.8 Å². The topological polar surface area (TPSA) is 54.5 Å². The van der Waals surface area contributed by atoms with E-state index in [0.29, 0.717) is 12.8 Å². The van der Waals surface area contributed by atoms with Gasteiger partial charge in [0.2, 0.25) is 5.91 Å². The maximum atomic E-state index is 12.3. The second-order valence-electron chi connectivity index (χ2n) is 7.23. The van der Waals surface area contributed by atoms with Crippen molar-refractivity contribution >= 4 is 22.4 Å². The first-order valence-corrected chi connectivity index (χ1v) is 10.7. The van der Waals surface area contributed by atoms with Gasteiger partial charge in [-0.1, -0.05) is 42.5 Å². The van der Waals surface area contributed by atoms with Crippen LogP contribution in [-0.4, -0.2) is 29.4 Å². The maximum absolute atomic E-state index is 12.3. The number of methoxy groups -OCH3 is 1. The number of nitrogens with one attached hydrogen (secondary N) is 1. The summed E-state index contributed by atoms with van der Waals surface area (Å²) in [4.78, 5) is 20.7. The first-order valence-electron chi connectivity index (χ1n) is 9.87. The maximum Gasteiger partial charge on any atom is 0.226 e. The Balaban J connectivity index is 1.30. The molecule has 0 bridgehead atoms. The van der Waals surface area contributed by atoms with Crippen LogP contribution in [0.4, 0.5) is 5.13 Å². The molecule has 0 saturated heterocycles. The molecule has 1 aliphatic rings. The molecule has 0 fully saturated rings. The number of rotatable bonds is 7. The average Bonchev–Trinajstić information content (AvgIpc) is 3.15. The molecule has 3 aromatic rings. The first kappa shape index (κ1) is 19.6. The van der Waals surface area contributed by atoms with Crippen molar-refractivity contribution in [3.05, 3.63) is 76.3 Å². The molecule has 29 heavy (non-hydrogen) atoms. The number of nitrogens with zero attached hydrogens (tertiary/aromatic N) is 2. The van der Waals surface area contributed by atoms with Crippen LogP contribution in [0.3, 0.4) is 0 Å². The highest BCUT2D eigenvalue weighted by atomic mass is 32.1. The minimum atomic E-state index is 0.00746. The van der Waals surface area contributed by atoms with Gasteiger partial charge in [0.1, 0.15) is 5.75 Å². The molecule has 1 aliphatic heterocycles. The lowest BCUT2D eigenvalue weighted by molar-refractivity contribution is -0.116. The zero-order chi connectivity index (χ0) is 20.1. The van der Waals surface area contributed by atoms with Gasteiger partial charge < -0.3 is 10.1 Å². The number of benzene rings is 2. The van der Waals surface area contributed by atoms with Crippen LogP contribution in [0.15, 0.2) is 54.6 Å². The Kier molecular flexibility index (Phi) is 6.22. The van der Waals surface area contributed by atoms with E-state index in [1.54, 1.807) is 18.4 Å². The molecule has 5 nitrogen and oxygen atoms in total. The number of thiazole rings is 1. The molecule has 2 heterocycles. The molecule has 6 heteroatoms. The highest BCUT2D eigenvalue weighted by Gasteiger charge is 2.21. The van der Waals surface area contributed by atoms with Crippen molar-refractivity contribution in [1.82, 2.24) is 9.88 Å². The number of hydrogen-bond acceptors (Lipinski definition) is 5. The highest BCUT2D eigenvalue weighted by Crippen LogP contribution is 2.29. The number of amides is 1. The van der Waals surface area contributed by atoms with E-state index in [2.05, 4.69) is 39.5 Å². The number of aromatic nitrogens is 1. The van der Waals surface area contributed by atoms with Crippen LogP contribution in [0, 0.1) is 0 Å². The largest absolute Gasteiger partial charge is 0.497 e. The van der Waals surface area contributed by atoms with Crippen molar-refractivity contribution in [2.75, 3.05) is 19.0 Å². The predicted octanol–water partition coefficient (Wildman–Crippen LogP) is 4.28. The summed E-state index contributed by atoms with van der Waals surface area (Å²) in [5.41, 5.74) is 3.58. The molecule has 1 N–H and O–H groups in total. The predicted molar refractivity (Wildman–Crippen MR) is 116 cm³/mol. The smallest absolute Gasteiger partial charge is 0.226 e. The Hall–Kier alpha value is -2.70. The lowest BCUT2D eigenvalue weighted by Gasteiger charge is -2.25. The van der Waals surface area contributed by atoms with Crippen LogP contribution in [0.25, 0.3) is 0 Å². The normalized spacial score (nSPS) is 13.7. The van der Waals surface area contributed by atoms with Gasteiger partial charge in [-0.05, 0) is 29.7 Å². The third-order valence-corrected chi connectivity index (χ3v) is 6.10. The van der Waals surface area contributed by atoms with Gasteiger partial charge >= 0.3 is 0 Å². The standard InChI is InChI=1S/C23H25N3O2S/c1-28-19-10-7-17(8-11-19)9-12-22(27)25-23-24-20-13-14-26(16-21(20)29-23)15-18-5-3-2-4-6-18/h2-8,10-11H,9,12-16H2,1H3,(H,24,25,27). The molecular formula is C23H25N3O2S. The monoisotopic (exact) mass is 407 g/mol.